The Morgan fingerprint density at radius 1 is 1.33 bits per heavy atom. The number of hydrogen-bond donors (Lipinski definition) is 1. The molecule has 1 N–H and O–H groups in total. The Bertz CT molecular complexity index is 983. The molecular formula is C23H26N2O4S. The van der Waals surface area contributed by atoms with E-state index in [-0.39, 0.29) is 0 Å². The summed E-state index contributed by atoms with van der Waals surface area (Å²) in [6, 6.07) is 11.5. The summed E-state index contributed by atoms with van der Waals surface area (Å²) >= 11 is 1.61. The number of aliphatic carboxylic acids is 1. The van der Waals surface area contributed by atoms with Gasteiger partial charge in [0.2, 0.25) is 5.89 Å². The molecule has 0 saturated carbocycles. The molecule has 1 atom stereocenters. The molecule has 3 aromatic rings. The molecule has 0 aliphatic carbocycles. The van der Waals surface area contributed by atoms with E-state index < -0.39 is 12.0 Å². The number of benzene rings is 1. The van der Waals surface area contributed by atoms with Crippen LogP contribution in [0.1, 0.15) is 36.3 Å². The number of ether oxygens (including phenoxy) is 1. The Kier molecular flexibility index (Phi) is 6.50. The first-order chi connectivity index (χ1) is 14.6. The molecule has 0 radical (unpaired) electrons. The summed E-state index contributed by atoms with van der Waals surface area (Å²) in [5.41, 5.74) is 1.98. The van der Waals surface area contributed by atoms with Crippen molar-refractivity contribution in [3.63, 3.8) is 0 Å². The molecule has 2 aromatic heterocycles. The van der Waals surface area contributed by atoms with Crippen molar-refractivity contribution in [1.29, 1.82) is 0 Å². The number of rotatable bonds is 8. The van der Waals surface area contributed by atoms with Crippen LogP contribution in [-0.2, 0) is 17.8 Å². The number of carbonyl (C=O) groups is 1. The largest absolute Gasteiger partial charge is 0.493 e. The van der Waals surface area contributed by atoms with E-state index in [1.54, 1.807) is 11.3 Å². The van der Waals surface area contributed by atoms with Crippen molar-refractivity contribution in [2.45, 2.75) is 45.2 Å². The molecule has 1 saturated heterocycles. The minimum absolute atomic E-state index is 0.393. The van der Waals surface area contributed by atoms with Crippen LogP contribution in [0.5, 0.6) is 5.75 Å². The molecular weight excluding hydrogens is 400 g/mol. The number of aromatic nitrogens is 1. The second-order valence-corrected chi connectivity index (χ2v) is 8.51. The lowest BCUT2D eigenvalue weighted by Gasteiger charge is -2.32. The van der Waals surface area contributed by atoms with Gasteiger partial charge < -0.3 is 14.3 Å². The fraction of sp³-hybridized carbons (Fsp3) is 0.391. The van der Waals surface area contributed by atoms with Gasteiger partial charge >= 0.3 is 5.97 Å². The number of piperidine rings is 1. The van der Waals surface area contributed by atoms with Gasteiger partial charge in [-0.3, -0.25) is 9.69 Å². The maximum absolute atomic E-state index is 11.5. The summed E-state index contributed by atoms with van der Waals surface area (Å²) in [5.74, 6) is 1.54. The standard InChI is InChI=1S/C23H26N2O4S/c1-16-19(24-22(29-16)21-9-5-13-30-21)10-12-28-18-7-4-6-17(14-18)15-25-11-3-2-8-20(25)23(26)27/h4-7,9,13-14,20H,2-3,8,10-12,15H2,1H3,(H,26,27). The highest BCUT2D eigenvalue weighted by molar-refractivity contribution is 7.13. The van der Waals surface area contributed by atoms with Gasteiger partial charge in [0.05, 0.1) is 17.2 Å². The van der Waals surface area contributed by atoms with Gasteiger partial charge in [-0.05, 0) is 55.5 Å². The van der Waals surface area contributed by atoms with Gasteiger partial charge in [0.15, 0.2) is 0 Å². The molecule has 0 amide bonds. The number of hydrogen-bond acceptors (Lipinski definition) is 6. The predicted octanol–water partition coefficient (Wildman–Crippen LogP) is 4.77. The number of oxazole rings is 1. The SMILES string of the molecule is Cc1oc(-c2cccs2)nc1CCOc1cccc(CN2CCCCC2C(=O)O)c1. The molecule has 1 fully saturated rings. The van der Waals surface area contributed by atoms with Crippen molar-refractivity contribution in [3.8, 4) is 16.5 Å². The van der Waals surface area contributed by atoms with Gasteiger partial charge in [0.1, 0.15) is 17.6 Å². The molecule has 1 aliphatic rings. The maximum atomic E-state index is 11.5. The summed E-state index contributed by atoms with van der Waals surface area (Å²) in [6.07, 6.45) is 3.41. The molecule has 1 aliphatic heterocycles. The lowest BCUT2D eigenvalue weighted by molar-refractivity contribution is -0.144. The quantitative estimate of drug-likeness (QED) is 0.559. The van der Waals surface area contributed by atoms with Gasteiger partial charge in [0, 0.05) is 13.0 Å². The smallest absolute Gasteiger partial charge is 0.320 e. The van der Waals surface area contributed by atoms with Crippen molar-refractivity contribution >= 4 is 17.3 Å². The van der Waals surface area contributed by atoms with E-state index in [0.717, 1.165) is 53.5 Å². The number of carboxylic acids is 1. The average Bonchev–Trinajstić information content (AvgIpc) is 3.39. The van der Waals surface area contributed by atoms with Crippen molar-refractivity contribution in [2.24, 2.45) is 0 Å². The van der Waals surface area contributed by atoms with E-state index in [1.165, 1.54) is 0 Å². The first kappa shape index (κ1) is 20.6. The fourth-order valence-corrected chi connectivity index (χ4v) is 4.51. The lowest BCUT2D eigenvalue weighted by atomic mass is 10.0. The summed E-state index contributed by atoms with van der Waals surface area (Å²) in [7, 11) is 0. The molecule has 158 valence electrons. The number of carboxylic acid groups (broad SMARTS) is 1. The molecule has 3 heterocycles. The van der Waals surface area contributed by atoms with E-state index in [0.29, 0.717) is 25.5 Å². The van der Waals surface area contributed by atoms with Crippen LogP contribution in [0.4, 0.5) is 0 Å². The Morgan fingerprint density at radius 3 is 3.03 bits per heavy atom. The summed E-state index contributed by atoms with van der Waals surface area (Å²) < 4.78 is 11.7. The molecule has 0 spiro atoms. The van der Waals surface area contributed by atoms with E-state index in [2.05, 4.69) is 9.88 Å². The minimum atomic E-state index is -0.730. The highest BCUT2D eigenvalue weighted by Gasteiger charge is 2.28. The zero-order valence-corrected chi connectivity index (χ0v) is 17.9. The summed E-state index contributed by atoms with van der Waals surface area (Å²) in [6.45, 7) is 3.88. The predicted molar refractivity (Wildman–Crippen MR) is 116 cm³/mol. The van der Waals surface area contributed by atoms with Crippen LogP contribution in [0.2, 0.25) is 0 Å². The highest BCUT2D eigenvalue weighted by Crippen LogP contribution is 2.26. The van der Waals surface area contributed by atoms with Gasteiger partial charge in [-0.1, -0.05) is 24.6 Å². The van der Waals surface area contributed by atoms with Crippen molar-refractivity contribution in [1.82, 2.24) is 9.88 Å². The zero-order valence-electron chi connectivity index (χ0n) is 17.0. The van der Waals surface area contributed by atoms with Crippen LogP contribution >= 0.6 is 11.3 Å². The molecule has 1 unspecified atom stereocenters. The monoisotopic (exact) mass is 426 g/mol. The third-order valence-electron chi connectivity index (χ3n) is 5.42. The first-order valence-electron chi connectivity index (χ1n) is 10.3. The fourth-order valence-electron chi connectivity index (χ4n) is 3.86. The Labute approximate surface area is 180 Å². The van der Waals surface area contributed by atoms with E-state index >= 15 is 0 Å². The van der Waals surface area contributed by atoms with Gasteiger partial charge in [-0.2, -0.15) is 0 Å². The highest BCUT2D eigenvalue weighted by atomic mass is 32.1. The van der Waals surface area contributed by atoms with Crippen LogP contribution in [0, 0.1) is 6.92 Å². The van der Waals surface area contributed by atoms with Crippen LogP contribution in [0.15, 0.2) is 46.2 Å². The van der Waals surface area contributed by atoms with E-state index in [9.17, 15) is 9.90 Å². The maximum Gasteiger partial charge on any atom is 0.320 e. The lowest BCUT2D eigenvalue weighted by Crippen LogP contribution is -2.43. The number of likely N-dealkylation sites (tertiary alicyclic amines) is 1. The number of thiophene rings is 1. The van der Waals surface area contributed by atoms with Gasteiger partial charge in [-0.25, -0.2) is 4.98 Å². The summed E-state index contributed by atoms with van der Waals surface area (Å²) in [4.78, 5) is 19.2. The molecule has 7 heteroatoms. The first-order valence-corrected chi connectivity index (χ1v) is 11.2. The molecule has 1 aromatic carbocycles. The Hall–Kier alpha value is -2.64. The number of aryl methyl sites for hydroxylation is 1. The number of nitrogens with zero attached hydrogens (tertiary/aromatic N) is 2. The van der Waals surface area contributed by atoms with E-state index in [1.807, 2.05) is 48.7 Å². The molecule has 4 rings (SSSR count). The second kappa shape index (κ2) is 9.45. The Morgan fingerprint density at radius 2 is 2.23 bits per heavy atom. The van der Waals surface area contributed by atoms with Crippen molar-refractivity contribution in [2.75, 3.05) is 13.2 Å². The zero-order chi connectivity index (χ0) is 20.9. The van der Waals surface area contributed by atoms with Crippen LogP contribution in [0.3, 0.4) is 0 Å². The minimum Gasteiger partial charge on any atom is -0.493 e. The van der Waals surface area contributed by atoms with Crippen LogP contribution in [-0.4, -0.2) is 40.2 Å². The third kappa shape index (κ3) is 4.91. The second-order valence-electron chi connectivity index (χ2n) is 7.57. The molecule has 6 nitrogen and oxygen atoms in total. The van der Waals surface area contributed by atoms with Crippen LogP contribution in [0.25, 0.3) is 10.8 Å². The molecule has 0 bridgehead atoms. The van der Waals surface area contributed by atoms with Crippen molar-refractivity contribution < 1.29 is 19.1 Å². The average molecular weight is 427 g/mol. The topological polar surface area (TPSA) is 75.8 Å². The van der Waals surface area contributed by atoms with E-state index in [4.69, 9.17) is 9.15 Å². The third-order valence-corrected chi connectivity index (χ3v) is 6.27. The Balaban J connectivity index is 1.34. The summed E-state index contributed by atoms with van der Waals surface area (Å²) in [5, 5.41) is 11.5. The van der Waals surface area contributed by atoms with Gasteiger partial charge in [-0.15, -0.1) is 11.3 Å². The van der Waals surface area contributed by atoms with Crippen molar-refractivity contribution in [3.05, 3.63) is 58.8 Å². The molecule has 30 heavy (non-hydrogen) atoms. The normalized spacial score (nSPS) is 17.2. The van der Waals surface area contributed by atoms with Crippen LogP contribution < -0.4 is 4.74 Å². The van der Waals surface area contributed by atoms with Gasteiger partial charge in [0.25, 0.3) is 0 Å².